The van der Waals surface area contributed by atoms with Crippen molar-refractivity contribution in [3.8, 4) is 0 Å². The van der Waals surface area contributed by atoms with E-state index in [0.29, 0.717) is 13.2 Å². The summed E-state index contributed by atoms with van der Waals surface area (Å²) in [5, 5.41) is 10.4. The van der Waals surface area contributed by atoms with E-state index in [9.17, 15) is 5.11 Å². The molecule has 1 unspecified atom stereocenters. The summed E-state index contributed by atoms with van der Waals surface area (Å²) in [5.74, 6) is 0. The van der Waals surface area contributed by atoms with Crippen LogP contribution in [0, 0.1) is 0 Å². The van der Waals surface area contributed by atoms with Crippen LogP contribution in [0.3, 0.4) is 0 Å². The fourth-order valence-corrected chi connectivity index (χ4v) is 1.59. The second-order valence-corrected chi connectivity index (χ2v) is 4.57. The van der Waals surface area contributed by atoms with Crippen LogP contribution in [0.15, 0.2) is 30.3 Å². The Morgan fingerprint density at radius 2 is 1.89 bits per heavy atom. The van der Waals surface area contributed by atoms with E-state index in [1.54, 1.807) is 0 Å². The Morgan fingerprint density at radius 3 is 2.44 bits per heavy atom. The molecule has 1 atom stereocenters. The van der Waals surface area contributed by atoms with Gasteiger partial charge in [0.15, 0.2) is 0 Å². The first-order chi connectivity index (χ1) is 8.58. The fourth-order valence-electron chi connectivity index (χ4n) is 1.59. The van der Waals surface area contributed by atoms with E-state index in [0.717, 1.165) is 5.56 Å². The van der Waals surface area contributed by atoms with Crippen molar-refractivity contribution in [2.24, 2.45) is 5.73 Å². The van der Waals surface area contributed by atoms with Crippen LogP contribution in [0.25, 0.3) is 0 Å². The zero-order valence-electron chi connectivity index (χ0n) is 11.1. The zero-order chi connectivity index (χ0) is 13.4. The number of hydrogen-bond acceptors (Lipinski definition) is 4. The molecule has 102 valence electrons. The van der Waals surface area contributed by atoms with Crippen molar-refractivity contribution in [1.82, 2.24) is 0 Å². The molecule has 1 aromatic rings. The van der Waals surface area contributed by atoms with Gasteiger partial charge in [-0.1, -0.05) is 30.3 Å². The zero-order valence-corrected chi connectivity index (χ0v) is 11.1. The quantitative estimate of drug-likeness (QED) is 0.685. The minimum absolute atomic E-state index is 0.127. The topological polar surface area (TPSA) is 64.7 Å². The molecule has 0 aliphatic rings. The standard InChI is InChI=1S/C14H23NO3/c1-12(2)18-9-8-17-11-14(16,10-15)13-6-4-3-5-7-13/h3-7,12,16H,8-11,15H2,1-2H3. The molecule has 1 rings (SSSR count). The molecule has 0 spiro atoms. The molecule has 4 nitrogen and oxygen atoms in total. The molecule has 0 fully saturated rings. The van der Waals surface area contributed by atoms with Crippen molar-refractivity contribution >= 4 is 0 Å². The predicted octanol–water partition coefficient (Wildman–Crippen LogP) is 1.27. The number of benzene rings is 1. The second kappa shape index (κ2) is 7.48. The van der Waals surface area contributed by atoms with Crippen LogP contribution < -0.4 is 5.73 Å². The average Bonchev–Trinajstić information content (AvgIpc) is 2.38. The van der Waals surface area contributed by atoms with Crippen LogP contribution in [0.2, 0.25) is 0 Å². The second-order valence-electron chi connectivity index (χ2n) is 4.57. The first-order valence-electron chi connectivity index (χ1n) is 6.26. The molecule has 0 heterocycles. The summed E-state index contributed by atoms with van der Waals surface area (Å²) in [7, 11) is 0. The third kappa shape index (κ3) is 4.74. The lowest BCUT2D eigenvalue weighted by Crippen LogP contribution is -2.39. The summed E-state index contributed by atoms with van der Waals surface area (Å²) >= 11 is 0. The molecule has 0 saturated heterocycles. The van der Waals surface area contributed by atoms with E-state index in [1.165, 1.54) is 0 Å². The van der Waals surface area contributed by atoms with Crippen molar-refractivity contribution in [3.63, 3.8) is 0 Å². The van der Waals surface area contributed by atoms with Gasteiger partial charge in [0.1, 0.15) is 5.60 Å². The van der Waals surface area contributed by atoms with Gasteiger partial charge in [-0.15, -0.1) is 0 Å². The van der Waals surface area contributed by atoms with E-state index in [1.807, 2.05) is 44.2 Å². The maximum absolute atomic E-state index is 10.4. The van der Waals surface area contributed by atoms with Crippen molar-refractivity contribution in [1.29, 1.82) is 0 Å². The van der Waals surface area contributed by atoms with Gasteiger partial charge in [-0.05, 0) is 19.4 Å². The molecule has 0 bridgehead atoms. The first kappa shape index (κ1) is 15.1. The van der Waals surface area contributed by atoms with Gasteiger partial charge in [0.25, 0.3) is 0 Å². The maximum atomic E-state index is 10.4. The van der Waals surface area contributed by atoms with Gasteiger partial charge < -0.3 is 20.3 Å². The molecule has 1 aromatic carbocycles. The number of rotatable bonds is 8. The molecule has 0 aromatic heterocycles. The fraction of sp³-hybridized carbons (Fsp3) is 0.571. The molecule has 18 heavy (non-hydrogen) atoms. The summed E-state index contributed by atoms with van der Waals surface area (Å²) in [6.07, 6.45) is 0.191. The Balaban J connectivity index is 2.42. The molecular weight excluding hydrogens is 230 g/mol. The van der Waals surface area contributed by atoms with Crippen molar-refractivity contribution in [2.75, 3.05) is 26.4 Å². The third-order valence-corrected chi connectivity index (χ3v) is 2.67. The SMILES string of the molecule is CC(C)OCCOCC(O)(CN)c1ccccc1. The molecule has 0 radical (unpaired) electrons. The lowest BCUT2D eigenvalue weighted by molar-refractivity contribution is -0.0617. The highest BCUT2D eigenvalue weighted by molar-refractivity contribution is 5.22. The van der Waals surface area contributed by atoms with Gasteiger partial charge >= 0.3 is 0 Å². The van der Waals surface area contributed by atoms with E-state index in [-0.39, 0.29) is 19.3 Å². The van der Waals surface area contributed by atoms with Crippen LogP contribution in [0.4, 0.5) is 0 Å². The predicted molar refractivity (Wildman–Crippen MR) is 71.3 cm³/mol. The van der Waals surface area contributed by atoms with Gasteiger partial charge in [0.05, 0.1) is 25.9 Å². The molecular formula is C14H23NO3. The largest absolute Gasteiger partial charge is 0.381 e. The van der Waals surface area contributed by atoms with Crippen molar-refractivity contribution in [2.45, 2.75) is 25.6 Å². The summed E-state index contributed by atoms with van der Waals surface area (Å²) in [6, 6.07) is 9.34. The highest BCUT2D eigenvalue weighted by Crippen LogP contribution is 2.19. The molecule has 3 N–H and O–H groups in total. The normalized spacial score (nSPS) is 14.7. The van der Waals surface area contributed by atoms with Crippen LogP contribution in [0.5, 0.6) is 0 Å². The van der Waals surface area contributed by atoms with E-state index < -0.39 is 5.60 Å². The lowest BCUT2D eigenvalue weighted by atomic mass is 9.95. The third-order valence-electron chi connectivity index (χ3n) is 2.67. The Kier molecular flexibility index (Phi) is 6.29. The summed E-state index contributed by atoms with van der Waals surface area (Å²) in [6.45, 7) is 5.22. The van der Waals surface area contributed by atoms with Crippen LogP contribution in [-0.4, -0.2) is 37.6 Å². The summed E-state index contributed by atoms with van der Waals surface area (Å²) < 4.78 is 10.8. The van der Waals surface area contributed by atoms with E-state index in [4.69, 9.17) is 15.2 Å². The number of aliphatic hydroxyl groups is 1. The molecule has 0 amide bonds. The van der Waals surface area contributed by atoms with Crippen molar-refractivity contribution in [3.05, 3.63) is 35.9 Å². The van der Waals surface area contributed by atoms with Gasteiger partial charge in [-0.25, -0.2) is 0 Å². The maximum Gasteiger partial charge on any atom is 0.125 e. The van der Waals surface area contributed by atoms with Gasteiger partial charge in [0, 0.05) is 6.54 Å². The van der Waals surface area contributed by atoms with Gasteiger partial charge in [-0.3, -0.25) is 0 Å². The minimum atomic E-state index is -1.13. The number of ether oxygens (including phenoxy) is 2. The van der Waals surface area contributed by atoms with Gasteiger partial charge in [-0.2, -0.15) is 0 Å². The number of nitrogens with two attached hydrogens (primary N) is 1. The van der Waals surface area contributed by atoms with Crippen LogP contribution >= 0.6 is 0 Å². The van der Waals surface area contributed by atoms with E-state index >= 15 is 0 Å². The van der Waals surface area contributed by atoms with Crippen LogP contribution in [-0.2, 0) is 15.1 Å². The smallest absolute Gasteiger partial charge is 0.125 e. The Bertz CT molecular complexity index is 329. The highest BCUT2D eigenvalue weighted by Gasteiger charge is 2.27. The lowest BCUT2D eigenvalue weighted by Gasteiger charge is -2.26. The Hall–Kier alpha value is -0.940. The minimum Gasteiger partial charge on any atom is -0.381 e. The van der Waals surface area contributed by atoms with Gasteiger partial charge in [0.2, 0.25) is 0 Å². The number of hydrogen-bond donors (Lipinski definition) is 2. The molecule has 4 heteroatoms. The summed E-state index contributed by atoms with van der Waals surface area (Å²) in [5.41, 5.74) is 5.29. The molecule has 0 aliphatic heterocycles. The Labute approximate surface area is 109 Å². The Morgan fingerprint density at radius 1 is 1.22 bits per heavy atom. The van der Waals surface area contributed by atoms with Crippen LogP contribution in [0.1, 0.15) is 19.4 Å². The summed E-state index contributed by atoms with van der Waals surface area (Å²) in [4.78, 5) is 0. The first-order valence-corrected chi connectivity index (χ1v) is 6.26. The monoisotopic (exact) mass is 253 g/mol. The highest BCUT2D eigenvalue weighted by atomic mass is 16.5. The molecule has 0 aliphatic carbocycles. The molecule has 0 saturated carbocycles. The van der Waals surface area contributed by atoms with Crippen molar-refractivity contribution < 1.29 is 14.6 Å². The van der Waals surface area contributed by atoms with E-state index in [2.05, 4.69) is 0 Å². The average molecular weight is 253 g/mol.